The van der Waals surface area contributed by atoms with Crippen LogP contribution in [0.25, 0.3) is 66.7 Å². The Morgan fingerprint density at radius 2 is 1.27 bits per heavy atom. The summed E-state index contributed by atoms with van der Waals surface area (Å²) in [7, 11) is 0. The number of nitrogens with zero attached hydrogens (tertiary/aromatic N) is 2. The number of furan rings is 1. The maximum absolute atomic E-state index is 6.23. The first kappa shape index (κ1) is 34.3. The molecule has 1 radical (unpaired) electrons. The zero-order valence-corrected chi connectivity index (χ0v) is 32.5. The molecule has 8 aromatic rings. The number of pyridine rings is 2. The number of aryl methyl sites for hydroxylation is 1. The Morgan fingerprint density at radius 1 is 0.592 bits per heavy atom. The first-order chi connectivity index (χ1) is 23.3. The Kier molecular flexibility index (Phi) is 10.4. The van der Waals surface area contributed by atoms with Crippen LogP contribution in [0, 0.1) is 19.1 Å². The van der Waals surface area contributed by atoms with Gasteiger partial charge in [-0.25, -0.2) is 0 Å². The van der Waals surface area contributed by atoms with E-state index in [1.54, 1.807) is 6.20 Å². The Bertz CT molecular complexity index is 2330. The van der Waals surface area contributed by atoms with Gasteiger partial charge in [0.05, 0.1) is 5.58 Å². The van der Waals surface area contributed by atoms with Crippen LogP contribution in [-0.2, 0) is 20.1 Å². The van der Waals surface area contributed by atoms with Crippen molar-refractivity contribution in [1.29, 1.82) is 0 Å². The number of hydrogen-bond acceptors (Lipinski definition) is 3. The van der Waals surface area contributed by atoms with Gasteiger partial charge in [0, 0.05) is 31.7 Å². The summed E-state index contributed by atoms with van der Waals surface area (Å²) in [5.74, 6) is 7.23. The number of benzene rings is 5. The van der Waals surface area contributed by atoms with Crippen molar-refractivity contribution in [2.75, 3.05) is 0 Å². The van der Waals surface area contributed by atoms with Crippen molar-refractivity contribution >= 4 is 39.6 Å². The van der Waals surface area contributed by atoms with Gasteiger partial charge in [-0.1, -0.05) is 65.5 Å². The van der Waals surface area contributed by atoms with E-state index >= 15 is 0 Å². The Hall–Kier alpha value is -4.61. The maximum Gasteiger partial charge on any atom is 0.121 e. The first-order valence-corrected chi connectivity index (χ1v) is 23.6. The van der Waals surface area contributed by atoms with Crippen molar-refractivity contribution in [2.45, 2.75) is 24.2 Å². The van der Waals surface area contributed by atoms with E-state index in [9.17, 15) is 0 Å². The molecule has 3 aromatic heterocycles. The number of hydrogen-bond donors (Lipinski definition) is 0. The standard InChI is InChI=1S/C23H14NO.C21H22GeN.Ir/c1-2-7-16(8-3-1)17-12-13-18-19-9-6-10-20(21-11-4-5-14-24-21)23(19)25-22(18)15-17;1-16-13-21(23-15-20(16)22(2,3)4)19-12-8-11-18(14-19)17-9-6-5-7-10-17;/h1-9,11-15H;5-11,13-15H,1-4H3;/q2*-1;. The zero-order valence-electron chi connectivity index (χ0n) is 28.0. The van der Waals surface area contributed by atoms with Crippen molar-refractivity contribution in [2.24, 2.45) is 0 Å². The quantitative estimate of drug-likeness (QED) is 0.128. The molecule has 0 atom stereocenters. The van der Waals surface area contributed by atoms with Crippen LogP contribution < -0.4 is 4.40 Å². The molecule has 0 saturated carbocycles. The molecule has 0 amide bonds. The molecule has 0 aliphatic carbocycles. The van der Waals surface area contributed by atoms with Crippen LogP contribution in [-0.4, -0.2) is 23.2 Å². The predicted molar refractivity (Wildman–Crippen MR) is 203 cm³/mol. The molecule has 243 valence electrons. The SMILES string of the molecule is Cc1cc(-c2[c-]ccc(-c3ccccc3)c2)nc[c]1[Ge]([CH3])([CH3])[CH3].[Ir].[c-]1ccc2c(oc3cc(-c4ccccc4)ccc32)c1-c1ccccn1. The van der Waals surface area contributed by atoms with Crippen LogP contribution in [0.2, 0.25) is 17.3 Å². The van der Waals surface area contributed by atoms with Crippen LogP contribution in [0.15, 0.2) is 150 Å². The minimum Gasteiger partial charge on any atom is -0.501 e. The molecule has 0 aliphatic rings. The molecule has 0 unspecified atom stereocenters. The second-order valence-electron chi connectivity index (χ2n) is 13.0. The van der Waals surface area contributed by atoms with Crippen LogP contribution in [0.3, 0.4) is 0 Å². The molecule has 0 fully saturated rings. The van der Waals surface area contributed by atoms with Gasteiger partial charge in [-0.15, -0.1) is 18.2 Å². The molecule has 5 aromatic carbocycles. The molecule has 0 N–H and O–H groups in total. The molecule has 3 heterocycles. The van der Waals surface area contributed by atoms with Crippen molar-refractivity contribution < 1.29 is 24.5 Å². The van der Waals surface area contributed by atoms with Gasteiger partial charge < -0.3 is 9.40 Å². The Balaban J connectivity index is 0.000000167. The topological polar surface area (TPSA) is 38.9 Å². The zero-order chi connectivity index (χ0) is 33.1. The van der Waals surface area contributed by atoms with Gasteiger partial charge in [-0.05, 0) is 29.0 Å². The second-order valence-corrected chi connectivity index (χ2v) is 23.6. The normalized spacial score (nSPS) is 11.1. The van der Waals surface area contributed by atoms with Crippen LogP contribution >= 0.6 is 0 Å². The van der Waals surface area contributed by atoms with E-state index in [2.05, 4.69) is 126 Å². The maximum atomic E-state index is 6.23. The number of aromatic nitrogens is 2. The van der Waals surface area contributed by atoms with Crippen molar-refractivity contribution in [3.8, 4) is 44.8 Å². The van der Waals surface area contributed by atoms with Crippen molar-refractivity contribution in [3.05, 3.63) is 164 Å². The largest absolute Gasteiger partial charge is 0.501 e. The fourth-order valence-corrected chi connectivity index (χ4v) is 9.75. The fraction of sp³-hybridized carbons (Fsp3) is 0.0909. The molecule has 0 bridgehead atoms. The van der Waals surface area contributed by atoms with Gasteiger partial charge in [0.15, 0.2) is 0 Å². The minimum atomic E-state index is -1.85. The summed E-state index contributed by atoms with van der Waals surface area (Å²) in [4.78, 5) is 9.17. The number of fused-ring (bicyclic) bond motifs is 3. The summed E-state index contributed by atoms with van der Waals surface area (Å²) >= 11 is -1.85. The summed E-state index contributed by atoms with van der Waals surface area (Å²) in [6.45, 7) is 2.21. The smallest absolute Gasteiger partial charge is 0.121 e. The third-order valence-corrected chi connectivity index (χ3v) is 13.1. The van der Waals surface area contributed by atoms with Gasteiger partial charge in [-0.3, -0.25) is 0 Å². The molecule has 0 aliphatic heterocycles. The van der Waals surface area contributed by atoms with Gasteiger partial charge in [0.2, 0.25) is 0 Å². The molecular formula is C44H36GeIrN2O-2. The summed E-state index contributed by atoms with van der Waals surface area (Å²) in [5.41, 5.74) is 11.7. The van der Waals surface area contributed by atoms with E-state index in [0.29, 0.717) is 0 Å². The average Bonchev–Trinajstić information content (AvgIpc) is 3.51. The summed E-state index contributed by atoms with van der Waals surface area (Å²) in [6, 6.07) is 52.1. The molecule has 8 rings (SSSR count). The first-order valence-electron chi connectivity index (χ1n) is 16.2. The van der Waals surface area contributed by atoms with Gasteiger partial charge in [0.1, 0.15) is 5.58 Å². The molecule has 0 saturated heterocycles. The van der Waals surface area contributed by atoms with E-state index in [1.807, 2.05) is 54.6 Å². The average molecular weight is 874 g/mol. The Labute approximate surface area is 304 Å². The van der Waals surface area contributed by atoms with E-state index in [4.69, 9.17) is 9.40 Å². The van der Waals surface area contributed by atoms with E-state index in [0.717, 1.165) is 50.0 Å². The minimum absolute atomic E-state index is 0. The Morgan fingerprint density at radius 3 is 1.92 bits per heavy atom. The van der Waals surface area contributed by atoms with Gasteiger partial charge in [0.25, 0.3) is 0 Å². The molecular weight excluding hydrogens is 837 g/mol. The summed E-state index contributed by atoms with van der Waals surface area (Å²) in [6.07, 6.45) is 3.88. The third kappa shape index (κ3) is 7.53. The summed E-state index contributed by atoms with van der Waals surface area (Å²) < 4.78 is 7.71. The van der Waals surface area contributed by atoms with Crippen LogP contribution in [0.4, 0.5) is 0 Å². The monoisotopic (exact) mass is 875 g/mol. The molecule has 5 heteroatoms. The van der Waals surface area contributed by atoms with E-state index in [1.165, 1.54) is 26.6 Å². The van der Waals surface area contributed by atoms with E-state index in [-0.39, 0.29) is 20.1 Å². The van der Waals surface area contributed by atoms with Gasteiger partial charge in [-0.2, -0.15) is 0 Å². The third-order valence-electron chi connectivity index (χ3n) is 8.56. The summed E-state index contributed by atoms with van der Waals surface area (Å²) in [5, 5.41) is 2.20. The van der Waals surface area contributed by atoms with Crippen molar-refractivity contribution in [3.63, 3.8) is 0 Å². The fourth-order valence-electron chi connectivity index (χ4n) is 6.17. The molecule has 49 heavy (non-hydrogen) atoms. The van der Waals surface area contributed by atoms with Crippen LogP contribution in [0.5, 0.6) is 0 Å². The molecule has 0 spiro atoms. The van der Waals surface area contributed by atoms with E-state index < -0.39 is 13.3 Å². The van der Waals surface area contributed by atoms with Crippen LogP contribution in [0.1, 0.15) is 5.56 Å². The van der Waals surface area contributed by atoms with Crippen molar-refractivity contribution in [1.82, 2.24) is 9.97 Å². The molecule has 3 nitrogen and oxygen atoms in total. The second kappa shape index (κ2) is 14.9. The number of rotatable bonds is 5. The van der Waals surface area contributed by atoms with Gasteiger partial charge >= 0.3 is 142 Å². The predicted octanol–water partition coefficient (Wildman–Crippen LogP) is 11.2.